The zero-order valence-corrected chi connectivity index (χ0v) is 11.3. The van der Waals surface area contributed by atoms with E-state index in [0.29, 0.717) is 21.9 Å². The van der Waals surface area contributed by atoms with Gasteiger partial charge in [0.25, 0.3) is 0 Å². The van der Waals surface area contributed by atoms with Crippen LogP contribution in [-0.4, -0.2) is 6.29 Å². The number of alkyl halides is 3. The number of carbonyl (C=O) groups excluding carboxylic acids is 1. The third kappa shape index (κ3) is 2.73. The highest BCUT2D eigenvalue weighted by molar-refractivity contribution is 9.10. The molecule has 0 atom stereocenters. The van der Waals surface area contributed by atoms with Gasteiger partial charge in [0.15, 0.2) is 12.0 Å². The van der Waals surface area contributed by atoms with Crippen molar-refractivity contribution in [3.05, 3.63) is 45.6 Å². The Morgan fingerprint density at radius 1 is 1.26 bits per heavy atom. The first-order chi connectivity index (χ1) is 8.82. The Bertz CT molecular complexity index is 629. The first-order valence-corrected chi connectivity index (χ1v) is 6.05. The van der Waals surface area contributed by atoms with Gasteiger partial charge in [0.1, 0.15) is 5.76 Å². The summed E-state index contributed by atoms with van der Waals surface area (Å²) >= 11 is 3.10. The van der Waals surface area contributed by atoms with Gasteiger partial charge in [-0.15, -0.1) is 0 Å². The van der Waals surface area contributed by atoms with Crippen LogP contribution < -0.4 is 0 Å². The molecule has 0 aliphatic heterocycles. The molecule has 0 saturated heterocycles. The van der Waals surface area contributed by atoms with E-state index in [1.165, 1.54) is 12.1 Å². The van der Waals surface area contributed by atoms with Gasteiger partial charge in [0.05, 0.1) is 5.56 Å². The summed E-state index contributed by atoms with van der Waals surface area (Å²) < 4.78 is 43.8. The average molecular weight is 333 g/mol. The van der Waals surface area contributed by atoms with Crippen LogP contribution in [0.5, 0.6) is 0 Å². The van der Waals surface area contributed by atoms with Gasteiger partial charge in [-0.2, -0.15) is 13.2 Å². The van der Waals surface area contributed by atoms with Gasteiger partial charge in [-0.1, -0.05) is 15.9 Å². The van der Waals surface area contributed by atoms with Gasteiger partial charge in [-0.05, 0) is 36.8 Å². The van der Waals surface area contributed by atoms with Gasteiger partial charge in [-0.25, -0.2) is 0 Å². The smallest absolute Gasteiger partial charge is 0.416 e. The monoisotopic (exact) mass is 332 g/mol. The number of rotatable bonds is 2. The lowest BCUT2D eigenvalue weighted by molar-refractivity contribution is -0.137. The molecule has 6 heteroatoms. The second-order valence-corrected chi connectivity index (χ2v) is 4.80. The normalized spacial score (nSPS) is 11.6. The van der Waals surface area contributed by atoms with Crippen molar-refractivity contribution in [2.45, 2.75) is 13.1 Å². The molecule has 0 aliphatic rings. The van der Waals surface area contributed by atoms with E-state index in [9.17, 15) is 18.0 Å². The summed E-state index contributed by atoms with van der Waals surface area (Å²) in [6.45, 7) is 1.67. The average Bonchev–Trinajstić information content (AvgIpc) is 2.79. The molecule has 100 valence electrons. The van der Waals surface area contributed by atoms with E-state index in [4.69, 9.17) is 4.42 Å². The SMILES string of the molecule is Cc1c(Br)cc(C(F)(F)F)cc1-c1ccc(C=O)o1. The van der Waals surface area contributed by atoms with Crippen LogP contribution in [0.15, 0.2) is 33.2 Å². The van der Waals surface area contributed by atoms with Crippen LogP contribution in [0, 0.1) is 6.92 Å². The fourth-order valence-corrected chi connectivity index (χ4v) is 2.12. The zero-order chi connectivity index (χ0) is 14.2. The molecule has 2 aromatic rings. The summed E-state index contributed by atoms with van der Waals surface area (Å²) in [7, 11) is 0. The fraction of sp³-hybridized carbons (Fsp3) is 0.154. The Kier molecular flexibility index (Phi) is 3.54. The molecule has 1 aromatic heterocycles. The summed E-state index contributed by atoms with van der Waals surface area (Å²) in [6.07, 6.45) is -3.94. The quantitative estimate of drug-likeness (QED) is 0.736. The lowest BCUT2D eigenvalue weighted by Gasteiger charge is -2.12. The highest BCUT2D eigenvalue weighted by atomic mass is 79.9. The molecule has 0 saturated carbocycles. The molecule has 0 fully saturated rings. The third-order valence-electron chi connectivity index (χ3n) is 2.68. The highest BCUT2D eigenvalue weighted by Crippen LogP contribution is 2.37. The molecule has 0 aliphatic carbocycles. The van der Waals surface area contributed by atoms with E-state index in [1.807, 2.05) is 0 Å². The summed E-state index contributed by atoms with van der Waals surface area (Å²) in [6, 6.07) is 4.91. The Balaban J connectivity index is 2.62. The Morgan fingerprint density at radius 2 is 1.95 bits per heavy atom. The molecule has 0 unspecified atom stereocenters. The molecule has 0 N–H and O–H groups in total. The first kappa shape index (κ1) is 13.9. The van der Waals surface area contributed by atoms with E-state index in [2.05, 4.69) is 15.9 Å². The Labute approximate surface area is 115 Å². The first-order valence-electron chi connectivity index (χ1n) is 5.25. The molecular weight excluding hydrogens is 325 g/mol. The summed E-state index contributed by atoms with van der Waals surface area (Å²) in [5.41, 5.74) is 0.138. The number of carbonyl (C=O) groups is 1. The number of hydrogen-bond donors (Lipinski definition) is 0. The zero-order valence-electron chi connectivity index (χ0n) is 9.72. The van der Waals surface area contributed by atoms with Crippen molar-refractivity contribution in [1.82, 2.24) is 0 Å². The van der Waals surface area contributed by atoms with Gasteiger partial charge in [0, 0.05) is 10.0 Å². The van der Waals surface area contributed by atoms with Gasteiger partial charge < -0.3 is 4.42 Å². The standard InChI is InChI=1S/C13H8BrF3O2/c1-7-10(12-3-2-9(6-18)19-12)4-8(5-11(7)14)13(15,16)17/h2-6H,1H3. The number of benzene rings is 1. The van der Waals surface area contributed by atoms with Gasteiger partial charge >= 0.3 is 6.18 Å². The summed E-state index contributed by atoms with van der Waals surface area (Å²) in [5, 5.41) is 0. The molecule has 19 heavy (non-hydrogen) atoms. The van der Waals surface area contributed by atoms with E-state index in [1.54, 1.807) is 6.92 Å². The highest BCUT2D eigenvalue weighted by Gasteiger charge is 2.32. The summed E-state index contributed by atoms with van der Waals surface area (Å²) in [4.78, 5) is 10.5. The maximum absolute atomic E-state index is 12.8. The second kappa shape index (κ2) is 4.85. The van der Waals surface area contributed by atoms with Gasteiger partial charge in [-0.3, -0.25) is 4.79 Å². The number of furan rings is 1. The molecule has 1 heterocycles. The van der Waals surface area contributed by atoms with Crippen molar-refractivity contribution in [2.24, 2.45) is 0 Å². The van der Waals surface area contributed by atoms with Crippen LogP contribution in [0.4, 0.5) is 13.2 Å². The van der Waals surface area contributed by atoms with Crippen molar-refractivity contribution in [1.29, 1.82) is 0 Å². The van der Waals surface area contributed by atoms with Crippen LogP contribution in [0.2, 0.25) is 0 Å². The van der Waals surface area contributed by atoms with Crippen molar-refractivity contribution in [2.75, 3.05) is 0 Å². The lowest BCUT2D eigenvalue weighted by Crippen LogP contribution is -2.05. The lowest BCUT2D eigenvalue weighted by atomic mass is 10.0. The minimum absolute atomic E-state index is 0.0722. The molecule has 0 radical (unpaired) electrons. The molecule has 0 bridgehead atoms. The van der Waals surface area contributed by atoms with Crippen molar-refractivity contribution < 1.29 is 22.4 Å². The van der Waals surface area contributed by atoms with E-state index >= 15 is 0 Å². The Hall–Kier alpha value is -1.56. The van der Waals surface area contributed by atoms with E-state index < -0.39 is 11.7 Å². The topological polar surface area (TPSA) is 30.2 Å². The second-order valence-electron chi connectivity index (χ2n) is 3.95. The van der Waals surface area contributed by atoms with Crippen LogP contribution in [0.25, 0.3) is 11.3 Å². The molecule has 0 amide bonds. The van der Waals surface area contributed by atoms with Crippen LogP contribution in [-0.2, 0) is 6.18 Å². The van der Waals surface area contributed by atoms with Crippen molar-refractivity contribution in [3.8, 4) is 11.3 Å². The predicted octanol–water partition coefficient (Wildman–Crippen LogP) is 4.85. The third-order valence-corrected chi connectivity index (χ3v) is 3.50. The van der Waals surface area contributed by atoms with Crippen LogP contribution >= 0.6 is 15.9 Å². The maximum atomic E-state index is 12.8. The van der Waals surface area contributed by atoms with Crippen molar-refractivity contribution >= 4 is 22.2 Å². The van der Waals surface area contributed by atoms with Gasteiger partial charge in [0.2, 0.25) is 0 Å². The molecule has 2 rings (SSSR count). The fourth-order valence-electron chi connectivity index (χ4n) is 1.66. The predicted molar refractivity (Wildman–Crippen MR) is 67.0 cm³/mol. The maximum Gasteiger partial charge on any atom is 0.416 e. The number of hydrogen-bond acceptors (Lipinski definition) is 2. The van der Waals surface area contributed by atoms with E-state index in [-0.39, 0.29) is 11.5 Å². The van der Waals surface area contributed by atoms with Crippen LogP contribution in [0.3, 0.4) is 0 Å². The molecule has 2 nitrogen and oxygen atoms in total. The number of halogens is 4. The summed E-state index contributed by atoms with van der Waals surface area (Å²) in [5.74, 6) is 0.300. The largest absolute Gasteiger partial charge is 0.453 e. The minimum atomic E-state index is -4.44. The molecule has 0 spiro atoms. The van der Waals surface area contributed by atoms with Crippen LogP contribution in [0.1, 0.15) is 21.7 Å². The van der Waals surface area contributed by atoms with Crippen molar-refractivity contribution in [3.63, 3.8) is 0 Å². The van der Waals surface area contributed by atoms with E-state index in [0.717, 1.165) is 12.1 Å². The Morgan fingerprint density at radius 3 is 2.47 bits per heavy atom. The molecular formula is C13H8BrF3O2. The minimum Gasteiger partial charge on any atom is -0.453 e. The molecule has 1 aromatic carbocycles. The number of aldehydes is 1.